The quantitative estimate of drug-likeness (QED) is 0.260. The van der Waals surface area contributed by atoms with Crippen molar-refractivity contribution in [3.63, 3.8) is 0 Å². The third-order valence-corrected chi connectivity index (χ3v) is 4.95. The Hall–Kier alpha value is -3.02. The lowest BCUT2D eigenvalue weighted by atomic mass is 10.0. The summed E-state index contributed by atoms with van der Waals surface area (Å²) in [6, 6.07) is 12.2. The molecular weight excluding hydrogens is 408 g/mol. The molecule has 0 amide bonds. The lowest BCUT2D eigenvalue weighted by Crippen LogP contribution is -2.02. The van der Waals surface area contributed by atoms with Crippen LogP contribution < -0.4 is 9.47 Å². The topological polar surface area (TPSA) is 18.5 Å². The maximum absolute atomic E-state index is 14.6. The molecule has 2 nitrogen and oxygen atoms in total. The van der Waals surface area contributed by atoms with Crippen molar-refractivity contribution in [1.29, 1.82) is 0 Å². The van der Waals surface area contributed by atoms with E-state index in [9.17, 15) is 17.6 Å². The van der Waals surface area contributed by atoms with Gasteiger partial charge in [0.1, 0.15) is 6.61 Å². The first-order valence-corrected chi connectivity index (χ1v) is 10.2. The smallest absolute Gasteiger partial charge is 0.201 e. The van der Waals surface area contributed by atoms with E-state index in [2.05, 4.69) is 0 Å². The van der Waals surface area contributed by atoms with Crippen LogP contribution in [0.4, 0.5) is 17.6 Å². The Labute approximate surface area is 179 Å². The zero-order valence-electron chi connectivity index (χ0n) is 17.5. The Morgan fingerprint density at radius 3 is 2.03 bits per heavy atom. The summed E-state index contributed by atoms with van der Waals surface area (Å²) in [6.07, 6.45) is 2.75. The Balaban J connectivity index is 1.68. The summed E-state index contributed by atoms with van der Waals surface area (Å²) < 4.78 is 67.1. The third-order valence-electron chi connectivity index (χ3n) is 4.95. The van der Waals surface area contributed by atoms with E-state index in [1.54, 1.807) is 24.3 Å². The number of benzene rings is 3. The highest BCUT2D eigenvalue weighted by Gasteiger charge is 2.16. The van der Waals surface area contributed by atoms with Crippen molar-refractivity contribution in [2.24, 2.45) is 0 Å². The molecule has 0 unspecified atom stereocenters. The van der Waals surface area contributed by atoms with Crippen LogP contribution >= 0.6 is 0 Å². The predicted molar refractivity (Wildman–Crippen MR) is 112 cm³/mol. The fourth-order valence-electron chi connectivity index (χ4n) is 3.08. The maximum atomic E-state index is 14.6. The molecule has 164 valence electrons. The van der Waals surface area contributed by atoms with E-state index in [0.29, 0.717) is 17.7 Å². The van der Waals surface area contributed by atoms with Gasteiger partial charge in [0.25, 0.3) is 0 Å². The molecule has 0 aliphatic heterocycles. The molecule has 3 aromatic rings. The van der Waals surface area contributed by atoms with E-state index in [1.807, 2.05) is 6.92 Å². The Morgan fingerprint density at radius 2 is 1.32 bits per heavy atom. The molecule has 0 N–H and O–H groups in total. The van der Waals surface area contributed by atoms with Crippen molar-refractivity contribution in [2.75, 3.05) is 6.61 Å². The minimum absolute atomic E-state index is 0.00107. The standard InChI is InChI=1S/C25H24F4O2/c1-3-4-5-14-30-20-13-11-19(23(27)25(20)29)18-9-7-17(8-10-18)15-31-21-12-6-16(2)22(26)24(21)28/h6-13H,3-5,14-15H2,1-2H3. The van der Waals surface area contributed by atoms with Crippen LogP contribution in [0.25, 0.3) is 11.1 Å². The predicted octanol–water partition coefficient (Wildman–Crippen LogP) is 7.37. The summed E-state index contributed by atoms with van der Waals surface area (Å²) in [5, 5.41) is 0. The van der Waals surface area contributed by atoms with Crippen molar-refractivity contribution in [3.8, 4) is 22.6 Å². The highest BCUT2D eigenvalue weighted by atomic mass is 19.2. The van der Waals surface area contributed by atoms with Gasteiger partial charge in [-0.3, -0.25) is 0 Å². The maximum Gasteiger partial charge on any atom is 0.201 e. The van der Waals surface area contributed by atoms with Gasteiger partial charge in [0.15, 0.2) is 23.1 Å². The van der Waals surface area contributed by atoms with Gasteiger partial charge < -0.3 is 9.47 Å². The SMILES string of the molecule is CCCCCOc1ccc(-c2ccc(COc3ccc(C)c(F)c3F)cc2)c(F)c1F. The van der Waals surface area contributed by atoms with E-state index < -0.39 is 23.3 Å². The van der Waals surface area contributed by atoms with Gasteiger partial charge in [-0.15, -0.1) is 0 Å². The first-order chi connectivity index (χ1) is 14.9. The van der Waals surface area contributed by atoms with Gasteiger partial charge in [-0.2, -0.15) is 8.78 Å². The zero-order valence-corrected chi connectivity index (χ0v) is 17.5. The number of ether oxygens (including phenoxy) is 2. The average Bonchev–Trinajstić information content (AvgIpc) is 2.78. The van der Waals surface area contributed by atoms with Crippen molar-refractivity contribution in [2.45, 2.75) is 39.7 Å². The Bertz CT molecular complexity index is 1030. The largest absolute Gasteiger partial charge is 0.490 e. The van der Waals surface area contributed by atoms with Gasteiger partial charge in [0.05, 0.1) is 6.61 Å². The minimum Gasteiger partial charge on any atom is -0.490 e. The van der Waals surface area contributed by atoms with E-state index in [4.69, 9.17) is 9.47 Å². The normalized spacial score (nSPS) is 10.9. The molecular formula is C25H24F4O2. The van der Waals surface area contributed by atoms with Crippen LogP contribution in [0, 0.1) is 30.2 Å². The number of hydrogen-bond acceptors (Lipinski definition) is 2. The van der Waals surface area contributed by atoms with Crippen LogP contribution in [0.2, 0.25) is 0 Å². The highest BCUT2D eigenvalue weighted by Crippen LogP contribution is 2.30. The summed E-state index contributed by atoms with van der Waals surface area (Å²) in [4.78, 5) is 0. The van der Waals surface area contributed by atoms with Gasteiger partial charge in [0.2, 0.25) is 11.6 Å². The van der Waals surface area contributed by atoms with Gasteiger partial charge in [-0.05, 0) is 48.2 Å². The molecule has 0 spiro atoms. The van der Waals surface area contributed by atoms with Crippen LogP contribution in [0.15, 0.2) is 48.5 Å². The summed E-state index contributed by atoms with van der Waals surface area (Å²) in [5.41, 5.74) is 1.45. The van der Waals surface area contributed by atoms with Crippen LogP contribution in [0.1, 0.15) is 37.3 Å². The number of halogens is 4. The molecule has 0 heterocycles. The van der Waals surface area contributed by atoms with Crippen LogP contribution in [0.5, 0.6) is 11.5 Å². The second kappa shape index (κ2) is 10.3. The molecule has 0 aliphatic carbocycles. The lowest BCUT2D eigenvalue weighted by molar-refractivity contribution is 0.284. The molecule has 0 saturated carbocycles. The highest BCUT2D eigenvalue weighted by molar-refractivity contribution is 5.65. The molecule has 3 rings (SSSR count). The van der Waals surface area contributed by atoms with Crippen LogP contribution in [0.3, 0.4) is 0 Å². The molecule has 0 atom stereocenters. The van der Waals surface area contributed by atoms with Gasteiger partial charge in [-0.25, -0.2) is 8.78 Å². The van der Waals surface area contributed by atoms with Crippen molar-refractivity contribution in [3.05, 3.63) is 82.9 Å². The summed E-state index contributed by atoms with van der Waals surface area (Å²) in [5.74, 6) is -4.26. The van der Waals surface area contributed by atoms with Crippen LogP contribution in [-0.4, -0.2) is 6.61 Å². The van der Waals surface area contributed by atoms with E-state index in [1.165, 1.54) is 31.2 Å². The minimum atomic E-state index is -1.04. The fraction of sp³-hybridized carbons (Fsp3) is 0.280. The first kappa shape index (κ1) is 22.7. The summed E-state index contributed by atoms with van der Waals surface area (Å²) >= 11 is 0. The molecule has 0 aliphatic rings. The first-order valence-electron chi connectivity index (χ1n) is 10.2. The van der Waals surface area contributed by atoms with Crippen molar-refractivity contribution in [1.82, 2.24) is 0 Å². The molecule has 0 bridgehead atoms. The summed E-state index contributed by atoms with van der Waals surface area (Å²) in [6.45, 7) is 3.85. The molecule has 3 aromatic carbocycles. The number of aryl methyl sites for hydroxylation is 1. The molecule has 0 fully saturated rings. The Morgan fingerprint density at radius 1 is 0.677 bits per heavy atom. The number of unbranched alkanes of at least 4 members (excludes halogenated alkanes) is 2. The van der Waals surface area contributed by atoms with Gasteiger partial charge in [-0.1, -0.05) is 50.1 Å². The fourth-order valence-corrected chi connectivity index (χ4v) is 3.08. The zero-order chi connectivity index (χ0) is 22.4. The monoisotopic (exact) mass is 432 g/mol. The molecule has 0 radical (unpaired) electrons. The average molecular weight is 432 g/mol. The molecule has 6 heteroatoms. The van der Waals surface area contributed by atoms with E-state index in [-0.39, 0.29) is 29.2 Å². The van der Waals surface area contributed by atoms with Gasteiger partial charge >= 0.3 is 0 Å². The number of hydrogen-bond donors (Lipinski definition) is 0. The van der Waals surface area contributed by atoms with E-state index >= 15 is 0 Å². The second-order valence-electron chi connectivity index (χ2n) is 7.29. The van der Waals surface area contributed by atoms with Crippen molar-refractivity contribution < 1.29 is 27.0 Å². The summed E-state index contributed by atoms with van der Waals surface area (Å²) in [7, 11) is 0. The molecule has 31 heavy (non-hydrogen) atoms. The molecule has 0 saturated heterocycles. The van der Waals surface area contributed by atoms with Crippen LogP contribution in [-0.2, 0) is 6.61 Å². The van der Waals surface area contributed by atoms with E-state index in [0.717, 1.165) is 19.3 Å². The van der Waals surface area contributed by atoms with Gasteiger partial charge in [0, 0.05) is 5.56 Å². The third kappa shape index (κ3) is 5.37. The molecule has 0 aromatic heterocycles. The van der Waals surface area contributed by atoms with Crippen molar-refractivity contribution >= 4 is 0 Å². The Kier molecular flexibility index (Phi) is 7.55. The lowest BCUT2D eigenvalue weighted by Gasteiger charge is -2.11. The second-order valence-corrected chi connectivity index (χ2v) is 7.29. The number of rotatable bonds is 9.